The summed E-state index contributed by atoms with van der Waals surface area (Å²) in [6.07, 6.45) is 1.25. The lowest BCUT2D eigenvalue weighted by Crippen LogP contribution is -1.93. The first-order valence-corrected chi connectivity index (χ1v) is 4.41. The molecule has 0 amide bonds. The molecule has 3 nitrogen and oxygen atoms in total. The minimum absolute atomic E-state index is 0.00387. The molecule has 2 aromatic rings. The van der Waals surface area contributed by atoms with Crippen molar-refractivity contribution < 1.29 is 8.78 Å². The van der Waals surface area contributed by atoms with Crippen LogP contribution in [0.5, 0.6) is 0 Å². The van der Waals surface area contributed by atoms with E-state index in [1.54, 1.807) is 0 Å². The number of anilines is 1. The molecule has 0 saturated heterocycles. The van der Waals surface area contributed by atoms with Gasteiger partial charge in [0.25, 0.3) is 0 Å². The topological polar surface area (TPSA) is 54.7 Å². The molecule has 1 aromatic carbocycles. The van der Waals surface area contributed by atoms with Gasteiger partial charge in [0.1, 0.15) is 17.5 Å². The van der Waals surface area contributed by atoms with Crippen LogP contribution in [0.1, 0.15) is 0 Å². The lowest BCUT2D eigenvalue weighted by atomic mass is 10.1. The van der Waals surface area contributed by atoms with Gasteiger partial charge >= 0.3 is 0 Å². The van der Waals surface area contributed by atoms with E-state index in [1.807, 2.05) is 0 Å². The molecular weight excluding hydrogens is 224 g/mol. The normalized spacial score (nSPS) is 10.6. The molecule has 6 heteroatoms. The van der Waals surface area contributed by atoms with Crippen molar-refractivity contribution in [1.82, 2.24) is 10.2 Å². The molecule has 0 unspecified atom stereocenters. The molecular formula is C9H6ClF2N3. The first kappa shape index (κ1) is 9.92. The van der Waals surface area contributed by atoms with Crippen LogP contribution < -0.4 is 5.73 Å². The Kier molecular flexibility index (Phi) is 2.32. The quantitative estimate of drug-likeness (QED) is 0.790. The average Bonchev–Trinajstić information content (AvgIpc) is 2.50. The summed E-state index contributed by atoms with van der Waals surface area (Å²) in [5.74, 6) is -1.43. The van der Waals surface area contributed by atoms with Gasteiger partial charge in [-0.05, 0) is 12.1 Å². The molecule has 0 fully saturated rings. The first-order chi connectivity index (χ1) is 7.09. The van der Waals surface area contributed by atoms with E-state index in [-0.39, 0.29) is 22.0 Å². The molecule has 15 heavy (non-hydrogen) atoms. The summed E-state index contributed by atoms with van der Waals surface area (Å²) >= 11 is 5.49. The Bertz CT molecular complexity index is 487. The van der Waals surface area contributed by atoms with Crippen molar-refractivity contribution in [3.8, 4) is 11.1 Å². The zero-order valence-corrected chi connectivity index (χ0v) is 8.15. The lowest BCUT2D eigenvalue weighted by molar-refractivity contribution is 0.590. The minimum Gasteiger partial charge on any atom is -0.384 e. The molecule has 1 aromatic heterocycles. The average molecular weight is 230 g/mol. The number of nitrogens with zero attached hydrogens (tertiary/aromatic N) is 1. The number of benzene rings is 1. The first-order valence-electron chi connectivity index (χ1n) is 4.03. The van der Waals surface area contributed by atoms with E-state index < -0.39 is 11.6 Å². The largest absolute Gasteiger partial charge is 0.384 e. The SMILES string of the molecule is Nc1[nH]ncc1-c1c(F)cc(Cl)cc1F. The second-order valence-corrected chi connectivity index (χ2v) is 3.38. The van der Waals surface area contributed by atoms with E-state index in [9.17, 15) is 8.78 Å². The van der Waals surface area contributed by atoms with E-state index in [2.05, 4.69) is 10.2 Å². The summed E-state index contributed by atoms with van der Waals surface area (Å²) in [6, 6.07) is 2.04. The summed E-state index contributed by atoms with van der Waals surface area (Å²) in [4.78, 5) is 0. The fraction of sp³-hybridized carbons (Fsp3) is 0. The Morgan fingerprint density at radius 2 is 1.87 bits per heavy atom. The third-order valence-electron chi connectivity index (χ3n) is 1.95. The van der Waals surface area contributed by atoms with Crippen molar-refractivity contribution >= 4 is 17.4 Å². The fourth-order valence-corrected chi connectivity index (χ4v) is 1.49. The van der Waals surface area contributed by atoms with Gasteiger partial charge in [-0.15, -0.1) is 0 Å². The number of aromatic nitrogens is 2. The van der Waals surface area contributed by atoms with Gasteiger partial charge in [0.2, 0.25) is 0 Å². The molecule has 0 spiro atoms. The van der Waals surface area contributed by atoms with E-state index in [1.165, 1.54) is 6.20 Å². The maximum atomic E-state index is 13.4. The van der Waals surface area contributed by atoms with E-state index >= 15 is 0 Å². The number of rotatable bonds is 1. The standard InChI is InChI=1S/C9H6ClF2N3/c10-4-1-6(11)8(7(12)2-4)5-3-14-15-9(5)13/h1-3H,(H3,13,14,15). The number of aromatic amines is 1. The minimum atomic E-state index is -0.770. The summed E-state index contributed by atoms with van der Waals surface area (Å²) in [5, 5.41) is 5.98. The van der Waals surface area contributed by atoms with Crippen LogP contribution in [0.2, 0.25) is 5.02 Å². The zero-order chi connectivity index (χ0) is 11.0. The van der Waals surface area contributed by atoms with E-state index in [0.717, 1.165) is 12.1 Å². The third kappa shape index (κ3) is 1.66. The number of hydrogen-bond donors (Lipinski definition) is 2. The van der Waals surface area contributed by atoms with Gasteiger partial charge in [0.15, 0.2) is 0 Å². The van der Waals surface area contributed by atoms with Gasteiger partial charge in [0, 0.05) is 10.6 Å². The van der Waals surface area contributed by atoms with E-state index in [4.69, 9.17) is 17.3 Å². The molecule has 0 aliphatic carbocycles. The Morgan fingerprint density at radius 3 is 2.33 bits per heavy atom. The summed E-state index contributed by atoms with van der Waals surface area (Å²) in [7, 11) is 0. The van der Waals surface area contributed by atoms with Crippen molar-refractivity contribution in [3.63, 3.8) is 0 Å². The number of halogens is 3. The Balaban J connectivity index is 2.68. The fourth-order valence-electron chi connectivity index (χ4n) is 1.29. The van der Waals surface area contributed by atoms with Crippen LogP contribution in [0.25, 0.3) is 11.1 Å². The highest BCUT2D eigenvalue weighted by molar-refractivity contribution is 6.30. The molecule has 3 N–H and O–H groups in total. The number of nitrogen functional groups attached to an aromatic ring is 1. The lowest BCUT2D eigenvalue weighted by Gasteiger charge is -2.03. The van der Waals surface area contributed by atoms with Gasteiger partial charge in [0.05, 0.1) is 11.8 Å². The van der Waals surface area contributed by atoms with Crippen LogP contribution >= 0.6 is 11.6 Å². The van der Waals surface area contributed by atoms with Crippen LogP contribution in [-0.2, 0) is 0 Å². The van der Waals surface area contributed by atoms with Crippen LogP contribution in [0.3, 0.4) is 0 Å². The van der Waals surface area contributed by atoms with Gasteiger partial charge in [-0.2, -0.15) is 5.10 Å². The van der Waals surface area contributed by atoms with Crippen LogP contribution in [0.15, 0.2) is 18.3 Å². The highest BCUT2D eigenvalue weighted by Gasteiger charge is 2.16. The highest BCUT2D eigenvalue weighted by atomic mass is 35.5. The molecule has 0 bridgehead atoms. The monoisotopic (exact) mass is 229 g/mol. The number of nitrogens with one attached hydrogen (secondary N) is 1. The van der Waals surface area contributed by atoms with Crippen molar-refractivity contribution in [2.24, 2.45) is 0 Å². The predicted octanol–water partition coefficient (Wildman–Crippen LogP) is 2.59. The predicted molar refractivity (Wildman–Crippen MR) is 53.4 cm³/mol. The van der Waals surface area contributed by atoms with E-state index in [0.29, 0.717) is 0 Å². The van der Waals surface area contributed by atoms with Gasteiger partial charge in [-0.1, -0.05) is 11.6 Å². The summed E-state index contributed by atoms with van der Waals surface area (Å²) < 4.78 is 26.9. The molecule has 0 saturated carbocycles. The van der Waals surface area contributed by atoms with Crippen molar-refractivity contribution in [2.75, 3.05) is 5.73 Å². The van der Waals surface area contributed by atoms with Gasteiger partial charge in [-0.25, -0.2) is 8.78 Å². The maximum absolute atomic E-state index is 13.4. The molecule has 0 radical (unpaired) electrons. The molecule has 1 heterocycles. The Morgan fingerprint density at radius 1 is 1.27 bits per heavy atom. The highest BCUT2D eigenvalue weighted by Crippen LogP contribution is 2.31. The zero-order valence-electron chi connectivity index (χ0n) is 7.39. The van der Waals surface area contributed by atoms with Crippen LogP contribution in [-0.4, -0.2) is 10.2 Å². The smallest absolute Gasteiger partial charge is 0.135 e. The maximum Gasteiger partial charge on any atom is 0.135 e. The third-order valence-corrected chi connectivity index (χ3v) is 2.16. The van der Waals surface area contributed by atoms with Gasteiger partial charge < -0.3 is 5.73 Å². The Labute approximate surface area is 88.9 Å². The van der Waals surface area contributed by atoms with Crippen LogP contribution in [0, 0.1) is 11.6 Å². The second-order valence-electron chi connectivity index (χ2n) is 2.94. The van der Waals surface area contributed by atoms with Crippen molar-refractivity contribution in [1.29, 1.82) is 0 Å². The molecule has 78 valence electrons. The van der Waals surface area contributed by atoms with Crippen molar-refractivity contribution in [3.05, 3.63) is 35.0 Å². The number of nitrogens with two attached hydrogens (primary N) is 1. The molecule has 0 atom stereocenters. The Hall–Kier alpha value is -1.62. The molecule has 2 rings (SSSR count). The summed E-state index contributed by atoms with van der Waals surface area (Å²) in [5.41, 5.74) is 5.42. The second kappa shape index (κ2) is 3.51. The summed E-state index contributed by atoms with van der Waals surface area (Å²) in [6.45, 7) is 0. The van der Waals surface area contributed by atoms with Crippen molar-refractivity contribution in [2.45, 2.75) is 0 Å². The van der Waals surface area contributed by atoms with Gasteiger partial charge in [-0.3, -0.25) is 5.10 Å². The molecule has 0 aliphatic rings. The molecule has 0 aliphatic heterocycles. The van der Waals surface area contributed by atoms with Crippen LogP contribution in [0.4, 0.5) is 14.6 Å². The number of hydrogen-bond acceptors (Lipinski definition) is 2. The number of H-pyrrole nitrogens is 1.